The molecule has 3 rings (SSSR count). The zero-order valence-corrected chi connectivity index (χ0v) is 14.0. The number of aromatic nitrogens is 1. The van der Waals surface area contributed by atoms with Crippen molar-refractivity contribution < 1.29 is 13.6 Å². The van der Waals surface area contributed by atoms with Crippen LogP contribution in [0.2, 0.25) is 0 Å². The Morgan fingerprint density at radius 2 is 2.21 bits per heavy atom. The van der Waals surface area contributed by atoms with E-state index in [2.05, 4.69) is 10.3 Å². The maximum absolute atomic E-state index is 13.6. The summed E-state index contributed by atoms with van der Waals surface area (Å²) in [6, 6.07) is 8.29. The molecule has 1 amide bonds. The van der Waals surface area contributed by atoms with Crippen LogP contribution >= 0.6 is 11.3 Å². The molecule has 6 heteroatoms. The second-order valence-electron chi connectivity index (χ2n) is 5.60. The molecule has 0 aliphatic carbocycles. The molecule has 4 nitrogen and oxygen atoms in total. The van der Waals surface area contributed by atoms with Gasteiger partial charge in [-0.25, -0.2) is 9.37 Å². The van der Waals surface area contributed by atoms with Crippen LogP contribution in [0.1, 0.15) is 18.2 Å². The van der Waals surface area contributed by atoms with Gasteiger partial charge >= 0.3 is 0 Å². The minimum Gasteiger partial charge on any atom is -0.472 e. The third kappa shape index (κ3) is 4.08. The molecule has 0 aliphatic rings. The van der Waals surface area contributed by atoms with Gasteiger partial charge in [0.05, 0.1) is 18.4 Å². The highest BCUT2D eigenvalue weighted by Crippen LogP contribution is 2.24. The van der Waals surface area contributed by atoms with Gasteiger partial charge in [0.25, 0.3) is 0 Å². The van der Waals surface area contributed by atoms with Crippen molar-refractivity contribution in [2.75, 3.05) is 0 Å². The van der Waals surface area contributed by atoms with Gasteiger partial charge in [-0.2, -0.15) is 0 Å². The molecule has 0 spiro atoms. The Hall–Kier alpha value is -2.47. The van der Waals surface area contributed by atoms with Crippen LogP contribution in [0.25, 0.3) is 10.6 Å². The standard InChI is InChI=1S/C18H17FN2O2S/c1-12(8-13-4-2-3-5-16(13)19)20-17(22)9-15-11-24-18(21-15)14-6-7-23-10-14/h2-7,10-12H,8-9H2,1H3,(H,20,22)/t12-/m0/s1. The first-order chi connectivity index (χ1) is 11.6. The first-order valence-electron chi connectivity index (χ1n) is 7.61. The lowest BCUT2D eigenvalue weighted by Gasteiger charge is -2.14. The Balaban J connectivity index is 1.55. The lowest BCUT2D eigenvalue weighted by atomic mass is 10.1. The van der Waals surface area contributed by atoms with Gasteiger partial charge in [0.1, 0.15) is 17.1 Å². The van der Waals surface area contributed by atoms with Gasteiger partial charge in [-0.05, 0) is 31.0 Å². The van der Waals surface area contributed by atoms with E-state index < -0.39 is 0 Å². The van der Waals surface area contributed by atoms with Crippen LogP contribution in [-0.4, -0.2) is 16.9 Å². The minimum absolute atomic E-state index is 0.122. The van der Waals surface area contributed by atoms with Crippen LogP contribution in [0.3, 0.4) is 0 Å². The van der Waals surface area contributed by atoms with Crippen molar-refractivity contribution in [3.63, 3.8) is 0 Å². The van der Waals surface area contributed by atoms with Gasteiger partial charge in [-0.3, -0.25) is 4.79 Å². The molecule has 24 heavy (non-hydrogen) atoms. The number of rotatable bonds is 6. The van der Waals surface area contributed by atoms with E-state index in [1.807, 2.05) is 18.4 Å². The van der Waals surface area contributed by atoms with E-state index in [9.17, 15) is 9.18 Å². The van der Waals surface area contributed by atoms with E-state index >= 15 is 0 Å². The maximum Gasteiger partial charge on any atom is 0.226 e. The van der Waals surface area contributed by atoms with E-state index in [0.717, 1.165) is 10.6 Å². The predicted octanol–water partition coefficient (Wildman–Crippen LogP) is 3.83. The number of hydrogen-bond donors (Lipinski definition) is 1. The van der Waals surface area contributed by atoms with Crippen molar-refractivity contribution in [2.24, 2.45) is 0 Å². The number of carbonyl (C=O) groups excluding carboxylic acids is 1. The molecule has 1 atom stereocenters. The summed E-state index contributed by atoms with van der Waals surface area (Å²) in [7, 11) is 0. The molecular formula is C18H17FN2O2S. The van der Waals surface area contributed by atoms with E-state index in [1.54, 1.807) is 30.7 Å². The Labute approximate surface area is 143 Å². The molecule has 2 aromatic heterocycles. The highest BCUT2D eigenvalue weighted by atomic mass is 32.1. The summed E-state index contributed by atoms with van der Waals surface area (Å²) < 4.78 is 18.7. The fraction of sp³-hybridized carbons (Fsp3) is 0.222. The second kappa shape index (κ2) is 7.40. The minimum atomic E-state index is -0.247. The highest BCUT2D eigenvalue weighted by Gasteiger charge is 2.13. The summed E-state index contributed by atoms with van der Waals surface area (Å²) in [5.74, 6) is -0.370. The summed E-state index contributed by atoms with van der Waals surface area (Å²) in [5.41, 5.74) is 2.22. The van der Waals surface area contributed by atoms with E-state index in [4.69, 9.17) is 4.42 Å². The van der Waals surface area contributed by atoms with E-state index in [-0.39, 0.29) is 24.2 Å². The fourth-order valence-electron chi connectivity index (χ4n) is 2.44. The lowest BCUT2D eigenvalue weighted by Crippen LogP contribution is -2.35. The zero-order valence-electron chi connectivity index (χ0n) is 13.2. The van der Waals surface area contributed by atoms with Gasteiger partial charge in [-0.15, -0.1) is 11.3 Å². The van der Waals surface area contributed by atoms with Crippen LogP contribution in [-0.2, 0) is 17.6 Å². The second-order valence-corrected chi connectivity index (χ2v) is 6.45. The van der Waals surface area contributed by atoms with Crippen LogP contribution in [0.4, 0.5) is 4.39 Å². The number of hydrogen-bond acceptors (Lipinski definition) is 4. The Kier molecular flexibility index (Phi) is 5.05. The number of amides is 1. The third-order valence-corrected chi connectivity index (χ3v) is 4.49. The summed E-state index contributed by atoms with van der Waals surface area (Å²) in [4.78, 5) is 16.6. The maximum atomic E-state index is 13.6. The smallest absolute Gasteiger partial charge is 0.226 e. The number of nitrogens with zero attached hydrogens (tertiary/aromatic N) is 1. The quantitative estimate of drug-likeness (QED) is 0.739. The molecule has 2 heterocycles. The van der Waals surface area contributed by atoms with Crippen molar-refractivity contribution in [3.05, 3.63) is 65.3 Å². The molecule has 0 fully saturated rings. The molecule has 0 radical (unpaired) electrons. The molecule has 3 aromatic rings. The Morgan fingerprint density at radius 1 is 1.38 bits per heavy atom. The fourth-order valence-corrected chi connectivity index (χ4v) is 3.25. The summed E-state index contributed by atoms with van der Waals surface area (Å²) in [5, 5.41) is 5.58. The largest absolute Gasteiger partial charge is 0.472 e. The monoisotopic (exact) mass is 344 g/mol. The summed E-state index contributed by atoms with van der Waals surface area (Å²) >= 11 is 1.47. The van der Waals surface area contributed by atoms with Gasteiger partial charge in [0.15, 0.2) is 0 Å². The van der Waals surface area contributed by atoms with Crippen molar-refractivity contribution in [1.82, 2.24) is 10.3 Å². The van der Waals surface area contributed by atoms with Gasteiger partial charge in [0, 0.05) is 17.0 Å². The average molecular weight is 344 g/mol. The Bertz CT molecular complexity index is 814. The normalized spacial score (nSPS) is 12.1. The number of nitrogens with one attached hydrogen (secondary N) is 1. The predicted molar refractivity (Wildman–Crippen MR) is 91.2 cm³/mol. The lowest BCUT2D eigenvalue weighted by molar-refractivity contribution is -0.121. The van der Waals surface area contributed by atoms with E-state index in [0.29, 0.717) is 17.7 Å². The molecule has 0 unspecified atom stereocenters. The Morgan fingerprint density at radius 3 is 2.96 bits per heavy atom. The topological polar surface area (TPSA) is 55.1 Å². The highest BCUT2D eigenvalue weighted by molar-refractivity contribution is 7.13. The van der Waals surface area contributed by atoms with Crippen molar-refractivity contribution in [3.8, 4) is 10.6 Å². The molecule has 1 N–H and O–H groups in total. The zero-order chi connectivity index (χ0) is 16.9. The van der Waals surface area contributed by atoms with Gasteiger partial charge < -0.3 is 9.73 Å². The van der Waals surface area contributed by atoms with Gasteiger partial charge in [0.2, 0.25) is 5.91 Å². The number of halogens is 1. The van der Waals surface area contributed by atoms with Crippen molar-refractivity contribution in [2.45, 2.75) is 25.8 Å². The van der Waals surface area contributed by atoms with Crippen LogP contribution in [0.15, 0.2) is 52.7 Å². The van der Waals surface area contributed by atoms with Crippen LogP contribution in [0, 0.1) is 5.82 Å². The summed E-state index contributed by atoms with van der Waals surface area (Å²) in [6.45, 7) is 1.86. The number of furan rings is 1. The number of carbonyl (C=O) groups is 1. The first kappa shape index (κ1) is 16.4. The molecule has 1 aromatic carbocycles. The molecule has 124 valence electrons. The summed E-state index contributed by atoms with van der Waals surface area (Å²) in [6.07, 6.45) is 3.87. The SMILES string of the molecule is C[C@@H](Cc1ccccc1F)NC(=O)Cc1csc(-c2ccoc2)n1. The molecular weight excluding hydrogens is 327 g/mol. The molecule has 0 bridgehead atoms. The molecule has 0 saturated heterocycles. The van der Waals surface area contributed by atoms with E-state index in [1.165, 1.54) is 17.4 Å². The average Bonchev–Trinajstić information content (AvgIpc) is 3.20. The van der Waals surface area contributed by atoms with Crippen LogP contribution < -0.4 is 5.32 Å². The molecule has 0 aliphatic heterocycles. The van der Waals surface area contributed by atoms with Crippen molar-refractivity contribution in [1.29, 1.82) is 0 Å². The molecule has 0 saturated carbocycles. The third-order valence-electron chi connectivity index (χ3n) is 3.55. The van der Waals surface area contributed by atoms with Gasteiger partial charge in [-0.1, -0.05) is 18.2 Å². The van der Waals surface area contributed by atoms with Crippen molar-refractivity contribution >= 4 is 17.2 Å². The number of benzene rings is 1. The first-order valence-corrected chi connectivity index (χ1v) is 8.49. The number of thiazole rings is 1. The van der Waals surface area contributed by atoms with Crippen LogP contribution in [0.5, 0.6) is 0 Å².